The van der Waals surface area contributed by atoms with Gasteiger partial charge in [-0.2, -0.15) is 0 Å². The summed E-state index contributed by atoms with van der Waals surface area (Å²) in [5, 5.41) is 3.30. The Morgan fingerprint density at radius 3 is 2.52 bits per heavy atom. The van der Waals surface area contributed by atoms with Gasteiger partial charge in [-0.05, 0) is 18.9 Å². The Bertz CT molecular complexity index is 272. The van der Waals surface area contributed by atoms with E-state index in [1.54, 1.807) is 0 Å². The second-order valence-electron chi connectivity index (χ2n) is 6.18. The molecule has 3 nitrogen and oxygen atoms in total. The first-order valence-electron chi connectivity index (χ1n) is 8.83. The first-order valence-corrected chi connectivity index (χ1v) is 8.83. The van der Waals surface area contributed by atoms with Crippen LogP contribution >= 0.6 is 0 Å². The Morgan fingerprint density at radius 1 is 1.05 bits per heavy atom. The first-order chi connectivity index (χ1) is 10.3. The third-order valence-corrected chi connectivity index (χ3v) is 4.38. The zero-order valence-corrected chi connectivity index (χ0v) is 13.6. The summed E-state index contributed by atoms with van der Waals surface area (Å²) in [6.45, 7) is 5.56. The smallest absolute Gasteiger partial charge is 0.330 e. The second kappa shape index (κ2) is 12.9. The summed E-state index contributed by atoms with van der Waals surface area (Å²) in [6.07, 6.45) is 16.8. The van der Waals surface area contributed by atoms with Gasteiger partial charge in [-0.3, -0.25) is 0 Å². The Labute approximate surface area is 130 Å². The molecular formula is C18H33NO2. The van der Waals surface area contributed by atoms with Crippen LogP contribution in [-0.4, -0.2) is 25.7 Å². The molecule has 1 rings (SSSR count). The summed E-state index contributed by atoms with van der Waals surface area (Å²) < 4.78 is 4.89. The van der Waals surface area contributed by atoms with Crippen molar-refractivity contribution >= 4 is 5.97 Å². The number of rotatable bonds is 12. The lowest BCUT2D eigenvalue weighted by Gasteiger charge is -2.21. The van der Waals surface area contributed by atoms with Gasteiger partial charge >= 0.3 is 5.97 Å². The maximum absolute atomic E-state index is 10.8. The zero-order valence-electron chi connectivity index (χ0n) is 13.6. The molecule has 0 aromatic heterocycles. The van der Waals surface area contributed by atoms with E-state index in [1.165, 1.54) is 76.7 Å². The standard InChI is InChI=1S/C18H33NO2/c1-2-18(20)21-16-15-19-14-10-5-3-4-7-11-17-12-8-6-9-13-17/h2,17,19H,1,3-16H2. The molecule has 0 heterocycles. The maximum atomic E-state index is 10.8. The minimum Gasteiger partial charge on any atom is -0.461 e. The van der Waals surface area contributed by atoms with Gasteiger partial charge in [0.25, 0.3) is 0 Å². The van der Waals surface area contributed by atoms with Crippen LogP contribution in [0, 0.1) is 5.92 Å². The SMILES string of the molecule is C=CC(=O)OCCNCCCCCCCC1CCCCC1. The number of ether oxygens (including phenoxy) is 1. The Hall–Kier alpha value is -0.830. The van der Waals surface area contributed by atoms with Crippen molar-refractivity contribution in [3.8, 4) is 0 Å². The number of carbonyl (C=O) groups excluding carboxylic acids is 1. The molecule has 0 saturated heterocycles. The molecule has 0 amide bonds. The van der Waals surface area contributed by atoms with Crippen molar-refractivity contribution in [2.45, 2.75) is 70.6 Å². The molecular weight excluding hydrogens is 262 g/mol. The van der Waals surface area contributed by atoms with Crippen LogP contribution in [-0.2, 0) is 9.53 Å². The molecule has 1 aliphatic rings. The van der Waals surface area contributed by atoms with Crippen LogP contribution in [0.5, 0.6) is 0 Å². The lowest BCUT2D eigenvalue weighted by molar-refractivity contribution is -0.137. The minimum atomic E-state index is -0.338. The molecule has 1 aliphatic carbocycles. The third-order valence-electron chi connectivity index (χ3n) is 4.38. The average Bonchev–Trinajstić information content (AvgIpc) is 2.53. The van der Waals surface area contributed by atoms with Gasteiger partial charge < -0.3 is 10.1 Å². The monoisotopic (exact) mass is 295 g/mol. The molecule has 0 aliphatic heterocycles. The average molecular weight is 295 g/mol. The number of hydrogen-bond acceptors (Lipinski definition) is 3. The van der Waals surface area contributed by atoms with E-state index >= 15 is 0 Å². The van der Waals surface area contributed by atoms with Gasteiger partial charge in [0.15, 0.2) is 0 Å². The van der Waals surface area contributed by atoms with Crippen molar-refractivity contribution in [1.82, 2.24) is 5.32 Å². The fraction of sp³-hybridized carbons (Fsp3) is 0.833. The van der Waals surface area contributed by atoms with Gasteiger partial charge in [0.05, 0.1) is 0 Å². The van der Waals surface area contributed by atoms with E-state index in [0.29, 0.717) is 6.61 Å². The van der Waals surface area contributed by atoms with Crippen LogP contribution in [0.3, 0.4) is 0 Å². The fourth-order valence-electron chi connectivity index (χ4n) is 3.10. The van der Waals surface area contributed by atoms with E-state index in [-0.39, 0.29) is 5.97 Å². The van der Waals surface area contributed by atoms with Crippen molar-refractivity contribution in [2.24, 2.45) is 5.92 Å². The summed E-state index contributed by atoms with van der Waals surface area (Å²) in [5.74, 6) is 0.702. The summed E-state index contributed by atoms with van der Waals surface area (Å²) in [7, 11) is 0. The molecule has 0 spiro atoms. The second-order valence-corrected chi connectivity index (χ2v) is 6.18. The summed E-state index contributed by atoms with van der Waals surface area (Å²) in [4.78, 5) is 10.8. The molecule has 0 unspecified atom stereocenters. The predicted molar refractivity (Wildman–Crippen MR) is 88.3 cm³/mol. The Morgan fingerprint density at radius 2 is 1.76 bits per heavy atom. The zero-order chi connectivity index (χ0) is 15.2. The normalized spacial score (nSPS) is 15.8. The Balaban J connectivity index is 1.74. The highest BCUT2D eigenvalue weighted by Crippen LogP contribution is 2.27. The van der Waals surface area contributed by atoms with Crippen LogP contribution in [0.1, 0.15) is 70.6 Å². The summed E-state index contributed by atoms with van der Waals surface area (Å²) in [6, 6.07) is 0. The highest BCUT2D eigenvalue weighted by Gasteiger charge is 2.12. The fourth-order valence-corrected chi connectivity index (χ4v) is 3.10. The van der Waals surface area contributed by atoms with Gasteiger partial charge in [-0.15, -0.1) is 0 Å². The van der Waals surface area contributed by atoms with Crippen molar-refractivity contribution < 1.29 is 9.53 Å². The van der Waals surface area contributed by atoms with Crippen LogP contribution in [0.15, 0.2) is 12.7 Å². The molecule has 0 aromatic rings. The molecule has 1 N–H and O–H groups in total. The van der Waals surface area contributed by atoms with Gasteiger partial charge in [0.2, 0.25) is 0 Å². The number of unbranched alkanes of at least 4 members (excludes halogenated alkanes) is 4. The summed E-state index contributed by atoms with van der Waals surface area (Å²) >= 11 is 0. The lowest BCUT2D eigenvalue weighted by atomic mass is 9.85. The third kappa shape index (κ3) is 10.5. The largest absolute Gasteiger partial charge is 0.461 e. The van der Waals surface area contributed by atoms with Gasteiger partial charge in [0.1, 0.15) is 6.61 Å². The van der Waals surface area contributed by atoms with Crippen LogP contribution < -0.4 is 5.32 Å². The topological polar surface area (TPSA) is 38.3 Å². The minimum absolute atomic E-state index is 0.338. The molecule has 1 fully saturated rings. The molecule has 0 aromatic carbocycles. The van der Waals surface area contributed by atoms with Crippen molar-refractivity contribution in [1.29, 1.82) is 0 Å². The number of nitrogens with one attached hydrogen (secondary N) is 1. The van der Waals surface area contributed by atoms with Crippen molar-refractivity contribution in [2.75, 3.05) is 19.7 Å². The van der Waals surface area contributed by atoms with Gasteiger partial charge in [0, 0.05) is 12.6 Å². The Kier molecular flexibility index (Phi) is 11.2. The molecule has 0 radical (unpaired) electrons. The van der Waals surface area contributed by atoms with Gasteiger partial charge in [-0.1, -0.05) is 70.8 Å². The molecule has 3 heteroatoms. The molecule has 1 saturated carbocycles. The number of hydrogen-bond donors (Lipinski definition) is 1. The quantitative estimate of drug-likeness (QED) is 0.333. The van der Waals surface area contributed by atoms with Gasteiger partial charge in [-0.25, -0.2) is 4.79 Å². The van der Waals surface area contributed by atoms with Crippen molar-refractivity contribution in [3.63, 3.8) is 0 Å². The highest BCUT2D eigenvalue weighted by molar-refractivity contribution is 5.81. The van der Waals surface area contributed by atoms with Crippen LogP contribution in [0.2, 0.25) is 0 Å². The van der Waals surface area contributed by atoms with E-state index in [4.69, 9.17) is 4.74 Å². The van der Waals surface area contributed by atoms with Crippen molar-refractivity contribution in [3.05, 3.63) is 12.7 Å². The lowest BCUT2D eigenvalue weighted by Crippen LogP contribution is -2.21. The molecule has 0 atom stereocenters. The van der Waals surface area contributed by atoms with Crippen LogP contribution in [0.4, 0.5) is 0 Å². The first kappa shape index (κ1) is 18.2. The van der Waals surface area contributed by atoms with E-state index in [0.717, 1.165) is 19.0 Å². The highest BCUT2D eigenvalue weighted by atomic mass is 16.5. The molecule has 0 bridgehead atoms. The molecule has 21 heavy (non-hydrogen) atoms. The summed E-state index contributed by atoms with van der Waals surface area (Å²) in [5.41, 5.74) is 0. The van der Waals surface area contributed by atoms with E-state index in [2.05, 4.69) is 11.9 Å². The van der Waals surface area contributed by atoms with E-state index in [9.17, 15) is 4.79 Å². The number of esters is 1. The maximum Gasteiger partial charge on any atom is 0.330 e. The predicted octanol–water partition coefficient (Wildman–Crippen LogP) is 4.23. The van der Waals surface area contributed by atoms with E-state index in [1.807, 2.05) is 0 Å². The molecule has 122 valence electrons. The van der Waals surface area contributed by atoms with Crippen LogP contribution in [0.25, 0.3) is 0 Å². The number of carbonyl (C=O) groups is 1. The van der Waals surface area contributed by atoms with E-state index < -0.39 is 0 Å².